The highest BCUT2D eigenvalue weighted by Gasteiger charge is 2.15. The van der Waals surface area contributed by atoms with Crippen LogP contribution in [0.4, 0.5) is 0 Å². The first-order valence-electron chi connectivity index (χ1n) is 8.81. The molecule has 1 heterocycles. The molecule has 0 unspecified atom stereocenters. The van der Waals surface area contributed by atoms with Crippen molar-refractivity contribution in [3.63, 3.8) is 0 Å². The zero-order valence-electron chi connectivity index (χ0n) is 15.0. The molecule has 1 heteroatoms. The Morgan fingerprint density at radius 3 is 2.00 bits per heavy atom. The molecule has 0 aliphatic rings. The van der Waals surface area contributed by atoms with Gasteiger partial charge >= 0.3 is 0 Å². The van der Waals surface area contributed by atoms with E-state index in [1.807, 2.05) is 0 Å². The van der Waals surface area contributed by atoms with Crippen molar-refractivity contribution in [1.29, 1.82) is 0 Å². The zero-order valence-corrected chi connectivity index (χ0v) is 15.0. The molecule has 4 aromatic rings. The molecule has 0 radical (unpaired) electrons. The molecule has 0 fully saturated rings. The third-order valence-corrected chi connectivity index (χ3v) is 4.77. The lowest BCUT2D eigenvalue weighted by Crippen LogP contribution is -2.10. The maximum atomic E-state index is 2.36. The van der Waals surface area contributed by atoms with Crippen molar-refractivity contribution < 1.29 is 0 Å². The van der Waals surface area contributed by atoms with Crippen LogP contribution in [0.15, 0.2) is 84.9 Å². The number of rotatable bonds is 2. The standard InChI is InChI=1S/C24H23N/c1-24(2,3)20-13-15-21(16-14-20)25-22-12-8-7-11-19(22)17-23(25)18-9-5-4-6-10-18/h4-17H,1-3H3. The molecule has 1 nitrogen and oxygen atoms in total. The third-order valence-electron chi connectivity index (χ3n) is 4.77. The van der Waals surface area contributed by atoms with Crippen molar-refractivity contribution >= 4 is 10.9 Å². The summed E-state index contributed by atoms with van der Waals surface area (Å²) in [6, 6.07) is 30.4. The van der Waals surface area contributed by atoms with E-state index < -0.39 is 0 Å². The second-order valence-electron chi connectivity index (χ2n) is 7.59. The van der Waals surface area contributed by atoms with Gasteiger partial charge in [0, 0.05) is 11.1 Å². The van der Waals surface area contributed by atoms with Gasteiger partial charge in [-0.05, 0) is 40.8 Å². The lowest BCUT2D eigenvalue weighted by molar-refractivity contribution is 0.590. The van der Waals surface area contributed by atoms with E-state index in [0.29, 0.717) is 0 Å². The van der Waals surface area contributed by atoms with E-state index in [1.54, 1.807) is 0 Å². The fraction of sp³-hybridized carbons (Fsp3) is 0.167. The molecule has 0 aliphatic carbocycles. The molecule has 4 rings (SSSR count). The van der Waals surface area contributed by atoms with Crippen LogP contribution in [0.3, 0.4) is 0 Å². The average Bonchev–Trinajstić information content (AvgIpc) is 3.01. The monoisotopic (exact) mass is 325 g/mol. The van der Waals surface area contributed by atoms with Crippen LogP contribution in [-0.2, 0) is 5.41 Å². The van der Waals surface area contributed by atoms with Gasteiger partial charge in [-0.3, -0.25) is 0 Å². The van der Waals surface area contributed by atoms with Gasteiger partial charge in [0.15, 0.2) is 0 Å². The van der Waals surface area contributed by atoms with Crippen molar-refractivity contribution in [3.8, 4) is 16.9 Å². The molecule has 0 aliphatic heterocycles. The van der Waals surface area contributed by atoms with Gasteiger partial charge in [-0.25, -0.2) is 0 Å². The topological polar surface area (TPSA) is 4.93 Å². The van der Waals surface area contributed by atoms with Crippen molar-refractivity contribution in [2.75, 3.05) is 0 Å². The first-order chi connectivity index (χ1) is 12.0. The molecule has 0 spiro atoms. The molecule has 0 saturated heterocycles. The van der Waals surface area contributed by atoms with Crippen LogP contribution in [0.1, 0.15) is 26.3 Å². The Morgan fingerprint density at radius 1 is 0.680 bits per heavy atom. The molecule has 3 aromatic carbocycles. The summed E-state index contributed by atoms with van der Waals surface area (Å²) in [6.45, 7) is 6.76. The molecule has 124 valence electrons. The molecule has 0 N–H and O–H groups in total. The molecule has 1 aromatic heterocycles. The average molecular weight is 325 g/mol. The van der Waals surface area contributed by atoms with Crippen LogP contribution in [0.5, 0.6) is 0 Å². The van der Waals surface area contributed by atoms with E-state index in [2.05, 4.69) is 110 Å². The van der Waals surface area contributed by atoms with Gasteiger partial charge in [0.05, 0.1) is 11.2 Å². The van der Waals surface area contributed by atoms with Gasteiger partial charge in [-0.15, -0.1) is 0 Å². The van der Waals surface area contributed by atoms with E-state index in [0.717, 1.165) is 0 Å². The molecular formula is C24H23N. The molecule has 0 saturated carbocycles. The lowest BCUT2D eigenvalue weighted by atomic mass is 9.87. The maximum absolute atomic E-state index is 2.36. The van der Waals surface area contributed by atoms with Crippen LogP contribution >= 0.6 is 0 Å². The van der Waals surface area contributed by atoms with Gasteiger partial charge in [-0.1, -0.05) is 81.4 Å². The summed E-state index contributed by atoms with van der Waals surface area (Å²) in [5.41, 5.74) is 6.43. The lowest BCUT2D eigenvalue weighted by Gasteiger charge is -2.20. The molecule has 0 amide bonds. The quantitative estimate of drug-likeness (QED) is 0.391. The highest BCUT2D eigenvalue weighted by atomic mass is 15.0. The van der Waals surface area contributed by atoms with Gasteiger partial charge in [-0.2, -0.15) is 0 Å². The van der Waals surface area contributed by atoms with Crippen molar-refractivity contribution in [2.24, 2.45) is 0 Å². The summed E-state index contributed by atoms with van der Waals surface area (Å²) < 4.78 is 2.36. The number of fused-ring (bicyclic) bond motifs is 1. The normalized spacial score (nSPS) is 11.8. The van der Waals surface area contributed by atoms with Crippen molar-refractivity contribution in [2.45, 2.75) is 26.2 Å². The van der Waals surface area contributed by atoms with E-state index in [4.69, 9.17) is 0 Å². The van der Waals surface area contributed by atoms with Crippen LogP contribution < -0.4 is 0 Å². The Labute approximate surface area is 149 Å². The van der Waals surface area contributed by atoms with Crippen LogP contribution in [0.25, 0.3) is 27.8 Å². The Kier molecular flexibility index (Phi) is 3.73. The largest absolute Gasteiger partial charge is 0.309 e. The highest BCUT2D eigenvalue weighted by molar-refractivity contribution is 5.89. The summed E-state index contributed by atoms with van der Waals surface area (Å²) in [7, 11) is 0. The fourth-order valence-corrected chi connectivity index (χ4v) is 3.36. The number of benzene rings is 3. The minimum Gasteiger partial charge on any atom is -0.309 e. The first-order valence-corrected chi connectivity index (χ1v) is 8.81. The van der Waals surface area contributed by atoms with E-state index in [-0.39, 0.29) is 5.41 Å². The number of hydrogen-bond donors (Lipinski definition) is 0. The zero-order chi connectivity index (χ0) is 17.4. The van der Waals surface area contributed by atoms with Crippen LogP contribution in [0, 0.1) is 0 Å². The Bertz CT molecular complexity index is 1000. The maximum Gasteiger partial charge on any atom is 0.0540 e. The van der Waals surface area contributed by atoms with Crippen molar-refractivity contribution in [3.05, 3.63) is 90.5 Å². The van der Waals surface area contributed by atoms with Crippen LogP contribution in [-0.4, -0.2) is 4.57 Å². The minimum absolute atomic E-state index is 0.166. The summed E-state index contributed by atoms with van der Waals surface area (Å²) in [5, 5.41) is 1.27. The number of aromatic nitrogens is 1. The predicted molar refractivity (Wildman–Crippen MR) is 107 cm³/mol. The molecular weight excluding hydrogens is 302 g/mol. The Hall–Kier alpha value is -2.80. The minimum atomic E-state index is 0.166. The summed E-state index contributed by atoms with van der Waals surface area (Å²) in [5.74, 6) is 0. The molecule has 25 heavy (non-hydrogen) atoms. The second kappa shape index (κ2) is 5.93. The van der Waals surface area contributed by atoms with Crippen molar-refractivity contribution in [1.82, 2.24) is 4.57 Å². The Morgan fingerprint density at radius 2 is 1.32 bits per heavy atom. The summed E-state index contributed by atoms with van der Waals surface area (Å²) in [4.78, 5) is 0. The predicted octanol–water partition coefficient (Wildman–Crippen LogP) is 6.60. The SMILES string of the molecule is CC(C)(C)c1ccc(-n2c(-c3ccccc3)cc3ccccc32)cc1. The van der Waals surface area contributed by atoms with Gasteiger partial charge < -0.3 is 4.57 Å². The molecule has 0 bridgehead atoms. The smallest absolute Gasteiger partial charge is 0.0540 e. The first kappa shape index (κ1) is 15.7. The van der Waals surface area contributed by atoms with E-state index in [9.17, 15) is 0 Å². The third kappa shape index (κ3) is 2.87. The molecule has 0 atom stereocenters. The van der Waals surface area contributed by atoms with E-state index >= 15 is 0 Å². The Balaban J connectivity index is 1.94. The fourth-order valence-electron chi connectivity index (χ4n) is 3.36. The number of para-hydroxylation sites is 1. The van der Waals surface area contributed by atoms with E-state index in [1.165, 1.54) is 33.4 Å². The summed E-state index contributed by atoms with van der Waals surface area (Å²) in [6.07, 6.45) is 0. The van der Waals surface area contributed by atoms with Gasteiger partial charge in [0.2, 0.25) is 0 Å². The van der Waals surface area contributed by atoms with Gasteiger partial charge in [0.25, 0.3) is 0 Å². The highest BCUT2D eigenvalue weighted by Crippen LogP contribution is 2.32. The number of hydrogen-bond acceptors (Lipinski definition) is 0. The number of nitrogens with zero attached hydrogens (tertiary/aromatic N) is 1. The van der Waals surface area contributed by atoms with Gasteiger partial charge in [0.1, 0.15) is 0 Å². The summed E-state index contributed by atoms with van der Waals surface area (Å²) >= 11 is 0. The second-order valence-corrected chi connectivity index (χ2v) is 7.59. The van der Waals surface area contributed by atoms with Crippen LogP contribution in [0.2, 0.25) is 0 Å².